The van der Waals surface area contributed by atoms with Gasteiger partial charge in [-0.3, -0.25) is 4.98 Å². The average molecular weight is 743 g/mol. The van der Waals surface area contributed by atoms with Crippen molar-refractivity contribution in [3.63, 3.8) is 0 Å². The summed E-state index contributed by atoms with van der Waals surface area (Å²) < 4.78 is 33.4. The molecule has 0 unspecified atom stereocenters. The summed E-state index contributed by atoms with van der Waals surface area (Å²) in [5.41, 5.74) is 7.34. The van der Waals surface area contributed by atoms with E-state index in [-0.39, 0.29) is 31.7 Å². The van der Waals surface area contributed by atoms with Crippen LogP contribution in [0.5, 0.6) is 0 Å². The summed E-state index contributed by atoms with van der Waals surface area (Å²) >= 11 is 0. The molecule has 4 heterocycles. The predicted octanol–water partition coefficient (Wildman–Crippen LogP) is 4.41. The molecular weight excluding hydrogens is 713 g/mol. The van der Waals surface area contributed by atoms with Gasteiger partial charge in [-0.2, -0.15) is 24.3 Å². The van der Waals surface area contributed by atoms with Gasteiger partial charge in [0.2, 0.25) is 12.7 Å². The number of hydrogen-bond donors (Lipinski definition) is 0. The Balaban J connectivity index is 0.000000173. The molecular formula is C32H30F2IrN7-3. The summed E-state index contributed by atoms with van der Waals surface area (Å²) in [6, 6.07) is 22.3. The van der Waals surface area contributed by atoms with Gasteiger partial charge in [0.15, 0.2) is 0 Å². The Morgan fingerprint density at radius 2 is 1.26 bits per heavy atom. The molecule has 0 aliphatic carbocycles. The van der Waals surface area contributed by atoms with Crippen LogP contribution < -0.4 is 14.2 Å². The van der Waals surface area contributed by atoms with E-state index in [1.165, 1.54) is 24.3 Å². The number of imidazole rings is 2. The largest absolute Gasteiger partial charge is 0.574 e. The first-order valence-electron chi connectivity index (χ1n) is 12.8. The Bertz CT molecular complexity index is 1630. The fraction of sp³-hybridized carbons (Fsp3) is 0.188. The van der Waals surface area contributed by atoms with E-state index in [4.69, 9.17) is 0 Å². The van der Waals surface area contributed by atoms with Gasteiger partial charge in [0.1, 0.15) is 0 Å². The molecule has 0 N–H and O–H groups in total. The molecule has 0 aliphatic rings. The zero-order chi connectivity index (χ0) is 29.5. The van der Waals surface area contributed by atoms with E-state index in [0.29, 0.717) is 11.4 Å². The molecule has 0 spiro atoms. The van der Waals surface area contributed by atoms with Crippen LogP contribution in [0, 0.1) is 64.1 Å². The molecule has 219 valence electrons. The van der Waals surface area contributed by atoms with Crippen molar-refractivity contribution in [3.05, 3.63) is 132 Å². The number of aryl methyl sites for hydroxylation is 2. The summed E-state index contributed by atoms with van der Waals surface area (Å²) in [4.78, 5) is 4.12. The van der Waals surface area contributed by atoms with E-state index in [9.17, 15) is 8.78 Å². The van der Waals surface area contributed by atoms with Crippen molar-refractivity contribution < 1.29 is 38.0 Å². The van der Waals surface area contributed by atoms with Crippen LogP contribution in [0.15, 0.2) is 73.1 Å². The van der Waals surface area contributed by atoms with Crippen molar-refractivity contribution in [1.29, 1.82) is 0 Å². The maximum absolute atomic E-state index is 13.0. The third kappa shape index (κ3) is 7.72. The number of rotatable bonds is 3. The molecule has 42 heavy (non-hydrogen) atoms. The standard InChI is InChI=1S/2C12H12FN2.C8H6N3.Ir/c2*1-9-10(2)15(8-14(9)3)12-6-4-5-11(13)7-12;1-2-5-9-7(3-1)8-4-6-10-11-8;/h2*4-5,7H,1-3H3;1-6H;/q3*-1;. The number of hydrogen-bond acceptors (Lipinski definition) is 2. The Kier molecular flexibility index (Phi) is 11.2. The van der Waals surface area contributed by atoms with Crippen LogP contribution in [0.3, 0.4) is 0 Å². The first-order valence-corrected chi connectivity index (χ1v) is 12.8. The topological polar surface area (TPSA) is 57.5 Å². The van der Waals surface area contributed by atoms with Crippen LogP contribution in [-0.2, 0) is 34.2 Å². The molecule has 7 nitrogen and oxygen atoms in total. The second kappa shape index (κ2) is 14.6. The number of pyridine rings is 1. The minimum absolute atomic E-state index is 0. The zero-order valence-corrected chi connectivity index (χ0v) is 26.5. The van der Waals surface area contributed by atoms with E-state index >= 15 is 0 Å². The van der Waals surface area contributed by atoms with Crippen LogP contribution in [0.1, 0.15) is 22.8 Å². The van der Waals surface area contributed by atoms with Gasteiger partial charge in [-0.05, 0) is 39.8 Å². The SMILES string of the molecule is Cc1c(C)[n+](C)[c-]n1-c1[c-]ccc(F)c1.Cc1c(C)[n+](C)[c-]n1-c1[c-]ccc(F)c1.[Ir].c1ccc(-c2ccn[n-]2)nc1. The van der Waals surface area contributed by atoms with Crippen LogP contribution >= 0.6 is 0 Å². The fourth-order valence-electron chi connectivity index (χ4n) is 3.87. The Morgan fingerprint density at radius 3 is 1.62 bits per heavy atom. The first kappa shape index (κ1) is 32.2. The van der Waals surface area contributed by atoms with Gasteiger partial charge in [-0.1, -0.05) is 29.2 Å². The molecule has 6 rings (SSSR count). The molecule has 0 bridgehead atoms. The smallest absolute Gasteiger partial charge is 0.241 e. The van der Waals surface area contributed by atoms with Crippen LogP contribution in [0.4, 0.5) is 8.78 Å². The summed E-state index contributed by atoms with van der Waals surface area (Å²) in [5, 5.41) is 7.58. The fourth-order valence-corrected chi connectivity index (χ4v) is 3.87. The summed E-state index contributed by atoms with van der Waals surface area (Å²) in [7, 11) is 3.83. The van der Waals surface area contributed by atoms with Crippen LogP contribution in [0.2, 0.25) is 0 Å². The Morgan fingerprint density at radius 1 is 0.738 bits per heavy atom. The van der Waals surface area contributed by atoms with E-state index in [1.807, 2.05) is 75.2 Å². The van der Waals surface area contributed by atoms with Gasteiger partial charge in [-0.25, -0.2) is 8.78 Å². The van der Waals surface area contributed by atoms with Crippen molar-refractivity contribution >= 4 is 0 Å². The Labute approximate surface area is 258 Å². The first-order chi connectivity index (χ1) is 19.7. The van der Waals surface area contributed by atoms with E-state index in [0.717, 1.165) is 34.2 Å². The third-order valence-corrected chi connectivity index (χ3v) is 6.59. The van der Waals surface area contributed by atoms with E-state index in [1.54, 1.807) is 33.7 Å². The summed E-state index contributed by atoms with van der Waals surface area (Å²) in [6.07, 6.45) is 9.58. The maximum atomic E-state index is 13.0. The molecule has 0 aliphatic heterocycles. The van der Waals surface area contributed by atoms with Crippen molar-refractivity contribution in [3.8, 4) is 22.8 Å². The molecule has 0 amide bonds. The van der Waals surface area contributed by atoms with Gasteiger partial charge in [0, 0.05) is 72.6 Å². The quantitative estimate of drug-likeness (QED) is 0.200. The van der Waals surface area contributed by atoms with Crippen molar-refractivity contribution in [2.75, 3.05) is 0 Å². The van der Waals surface area contributed by atoms with Gasteiger partial charge in [0.25, 0.3) is 0 Å². The maximum Gasteiger partial charge on any atom is 0.241 e. The zero-order valence-electron chi connectivity index (χ0n) is 24.1. The summed E-state index contributed by atoms with van der Waals surface area (Å²) in [6.45, 7) is 7.96. The second-order valence-corrected chi connectivity index (χ2v) is 9.25. The van der Waals surface area contributed by atoms with Crippen molar-refractivity contribution in [2.24, 2.45) is 14.1 Å². The minimum atomic E-state index is -0.259. The number of aromatic nitrogens is 7. The molecule has 1 radical (unpaired) electrons. The molecule has 10 heteroatoms. The normalized spacial score (nSPS) is 10.2. The molecule has 0 saturated heterocycles. The van der Waals surface area contributed by atoms with Gasteiger partial charge in [-0.15, -0.1) is 24.3 Å². The second-order valence-electron chi connectivity index (χ2n) is 9.25. The van der Waals surface area contributed by atoms with Crippen LogP contribution in [0.25, 0.3) is 22.8 Å². The number of benzene rings is 2. The molecule has 0 saturated carbocycles. The van der Waals surface area contributed by atoms with E-state index < -0.39 is 0 Å². The number of nitrogens with zero attached hydrogens (tertiary/aromatic N) is 7. The van der Waals surface area contributed by atoms with Crippen molar-refractivity contribution in [1.82, 2.24) is 24.3 Å². The molecule has 4 aromatic heterocycles. The molecule has 2 aromatic carbocycles. The monoisotopic (exact) mass is 743 g/mol. The van der Waals surface area contributed by atoms with Gasteiger partial charge < -0.3 is 28.5 Å². The molecule has 6 aromatic rings. The molecule has 0 atom stereocenters. The molecule has 0 fully saturated rings. The Hall–Kier alpha value is -4.27. The average Bonchev–Trinajstić information content (AvgIpc) is 3.67. The van der Waals surface area contributed by atoms with Gasteiger partial charge in [0.05, 0.1) is 14.1 Å². The summed E-state index contributed by atoms with van der Waals surface area (Å²) in [5.74, 6) is -0.517. The van der Waals surface area contributed by atoms with E-state index in [2.05, 4.69) is 40.0 Å². The number of halogens is 2. The van der Waals surface area contributed by atoms with Gasteiger partial charge >= 0.3 is 0 Å². The van der Waals surface area contributed by atoms with Crippen LogP contribution in [-0.4, -0.2) is 19.2 Å². The minimum Gasteiger partial charge on any atom is -0.574 e. The predicted molar refractivity (Wildman–Crippen MR) is 149 cm³/mol. The third-order valence-electron chi connectivity index (χ3n) is 6.59. The van der Waals surface area contributed by atoms with Crippen molar-refractivity contribution in [2.45, 2.75) is 27.7 Å².